The summed E-state index contributed by atoms with van der Waals surface area (Å²) in [6, 6.07) is 0. The van der Waals surface area contributed by atoms with E-state index >= 15 is 0 Å². The van der Waals surface area contributed by atoms with E-state index < -0.39 is 8.24 Å². The van der Waals surface area contributed by atoms with Gasteiger partial charge >= 0.3 is 0 Å². The normalized spacial score (nSPS) is 14.8. The van der Waals surface area contributed by atoms with Crippen molar-refractivity contribution >= 4 is 8.24 Å². The van der Waals surface area contributed by atoms with Crippen molar-refractivity contribution in [3.8, 4) is 0 Å². The van der Waals surface area contributed by atoms with Crippen LogP contribution >= 0.6 is 0 Å². The van der Waals surface area contributed by atoms with E-state index in [1.165, 1.54) is 13.0 Å². The molecule has 0 aliphatic heterocycles. The van der Waals surface area contributed by atoms with Gasteiger partial charge in [0, 0.05) is 5.54 Å². The highest BCUT2D eigenvalue weighted by molar-refractivity contribution is 6.77. The fraction of sp³-hybridized carbons (Fsp3) is 1.00. The van der Waals surface area contributed by atoms with E-state index in [-0.39, 0.29) is 0 Å². The molecule has 0 rings (SSSR count). The predicted molar refractivity (Wildman–Crippen MR) is 73.9 cm³/mol. The van der Waals surface area contributed by atoms with Crippen molar-refractivity contribution in [3.63, 3.8) is 0 Å². The maximum absolute atomic E-state index is 2.78. The number of rotatable bonds is 3. The van der Waals surface area contributed by atoms with Crippen molar-refractivity contribution in [1.82, 2.24) is 4.57 Å². The van der Waals surface area contributed by atoms with Crippen LogP contribution in [-0.4, -0.2) is 24.9 Å². The van der Waals surface area contributed by atoms with Crippen LogP contribution in [0.2, 0.25) is 18.1 Å². The first-order valence-electron chi connectivity index (χ1n) is 6.22. The summed E-state index contributed by atoms with van der Waals surface area (Å²) in [5.41, 5.74) is 0.305. The Morgan fingerprint density at radius 1 is 0.933 bits per heavy atom. The average molecular weight is 229 g/mol. The van der Waals surface area contributed by atoms with Crippen LogP contribution in [0.4, 0.5) is 0 Å². The van der Waals surface area contributed by atoms with Gasteiger partial charge in [-0.1, -0.05) is 40.8 Å². The molecule has 0 saturated heterocycles. The first-order chi connectivity index (χ1) is 6.44. The predicted octanol–water partition coefficient (Wildman–Crippen LogP) is 4.50. The third kappa shape index (κ3) is 3.60. The summed E-state index contributed by atoms with van der Waals surface area (Å²) in [5.74, 6) is 0. The molecule has 92 valence electrons. The van der Waals surface area contributed by atoms with Crippen LogP contribution in [0.25, 0.3) is 0 Å². The Morgan fingerprint density at radius 2 is 1.33 bits per heavy atom. The van der Waals surface area contributed by atoms with Crippen molar-refractivity contribution < 1.29 is 0 Å². The van der Waals surface area contributed by atoms with Crippen LogP contribution < -0.4 is 0 Å². The highest BCUT2D eigenvalue weighted by atomic mass is 28.3. The molecule has 0 spiro atoms. The standard InChI is InChI=1S/C13H31NSi/c1-10-11-14(12(2,3)4)15(8,9)13(5,6)7/h10-11H2,1-9H3. The second-order valence-electron chi connectivity index (χ2n) is 7.13. The molecule has 0 aromatic rings. The second-order valence-corrected chi connectivity index (χ2v) is 12.3. The van der Waals surface area contributed by atoms with Gasteiger partial charge in [0.05, 0.1) is 0 Å². The van der Waals surface area contributed by atoms with E-state index in [0.29, 0.717) is 10.6 Å². The molecule has 0 radical (unpaired) electrons. The maximum Gasteiger partial charge on any atom is 0.128 e. The molecule has 0 saturated carbocycles. The van der Waals surface area contributed by atoms with Gasteiger partial charge in [0.15, 0.2) is 0 Å². The highest BCUT2D eigenvalue weighted by Crippen LogP contribution is 2.41. The number of hydrogen-bond donors (Lipinski definition) is 0. The molecule has 2 heteroatoms. The van der Waals surface area contributed by atoms with E-state index in [1.807, 2.05) is 0 Å². The SMILES string of the molecule is CCCN(C(C)(C)C)[Si](C)(C)C(C)(C)C. The van der Waals surface area contributed by atoms with Crippen LogP contribution in [0.5, 0.6) is 0 Å². The lowest BCUT2D eigenvalue weighted by atomic mass is 10.1. The van der Waals surface area contributed by atoms with E-state index in [2.05, 4.69) is 66.1 Å². The molecule has 0 aliphatic rings. The fourth-order valence-electron chi connectivity index (χ4n) is 2.08. The van der Waals surface area contributed by atoms with Crippen molar-refractivity contribution in [1.29, 1.82) is 0 Å². The molecular formula is C13H31NSi. The van der Waals surface area contributed by atoms with E-state index in [0.717, 1.165) is 0 Å². The largest absolute Gasteiger partial charge is 0.319 e. The van der Waals surface area contributed by atoms with Crippen molar-refractivity contribution in [3.05, 3.63) is 0 Å². The van der Waals surface area contributed by atoms with Gasteiger partial charge in [0.1, 0.15) is 8.24 Å². The summed E-state index contributed by atoms with van der Waals surface area (Å²) in [5, 5.41) is 0.440. The highest BCUT2D eigenvalue weighted by Gasteiger charge is 2.44. The summed E-state index contributed by atoms with van der Waals surface area (Å²) in [7, 11) is -1.36. The fourth-order valence-corrected chi connectivity index (χ4v) is 5.35. The first-order valence-corrected chi connectivity index (χ1v) is 9.17. The lowest BCUT2D eigenvalue weighted by Crippen LogP contribution is -2.62. The molecule has 0 atom stereocenters. The molecule has 0 bridgehead atoms. The molecule has 0 amide bonds. The molecule has 0 aromatic carbocycles. The lowest BCUT2D eigenvalue weighted by molar-refractivity contribution is 0.230. The molecule has 0 aromatic heterocycles. The zero-order valence-corrected chi connectivity index (χ0v) is 13.4. The molecule has 15 heavy (non-hydrogen) atoms. The Morgan fingerprint density at radius 3 is 1.53 bits per heavy atom. The zero-order chi connectivity index (χ0) is 12.5. The summed E-state index contributed by atoms with van der Waals surface area (Å²) in [6.45, 7) is 22.8. The van der Waals surface area contributed by atoms with Crippen LogP contribution in [0.1, 0.15) is 54.9 Å². The second kappa shape index (κ2) is 4.58. The quantitative estimate of drug-likeness (QED) is 0.644. The molecule has 0 heterocycles. The number of hydrogen-bond acceptors (Lipinski definition) is 1. The molecule has 0 N–H and O–H groups in total. The number of nitrogens with zero attached hydrogens (tertiary/aromatic N) is 1. The Bertz CT molecular complexity index is 196. The topological polar surface area (TPSA) is 3.24 Å². The minimum atomic E-state index is -1.36. The molecule has 0 aliphatic carbocycles. The molecule has 1 nitrogen and oxygen atoms in total. The first kappa shape index (κ1) is 15.2. The maximum atomic E-state index is 2.78. The minimum absolute atomic E-state index is 0.305. The summed E-state index contributed by atoms with van der Waals surface area (Å²) in [6.07, 6.45) is 1.25. The lowest BCUT2D eigenvalue weighted by Gasteiger charge is -2.52. The van der Waals surface area contributed by atoms with E-state index in [9.17, 15) is 0 Å². The smallest absolute Gasteiger partial charge is 0.128 e. The van der Waals surface area contributed by atoms with E-state index in [4.69, 9.17) is 0 Å². The summed E-state index contributed by atoms with van der Waals surface area (Å²) >= 11 is 0. The molecule has 0 fully saturated rings. The van der Waals surface area contributed by atoms with Crippen LogP contribution in [0.3, 0.4) is 0 Å². The third-order valence-electron chi connectivity index (χ3n) is 3.77. The Kier molecular flexibility index (Phi) is 4.64. The van der Waals surface area contributed by atoms with Crippen LogP contribution in [0, 0.1) is 0 Å². The van der Waals surface area contributed by atoms with Gasteiger partial charge < -0.3 is 4.57 Å². The summed E-state index contributed by atoms with van der Waals surface area (Å²) in [4.78, 5) is 0. The van der Waals surface area contributed by atoms with Gasteiger partial charge in [-0.15, -0.1) is 0 Å². The van der Waals surface area contributed by atoms with Crippen molar-refractivity contribution in [2.45, 2.75) is 78.6 Å². The van der Waals surface area contributed by atoms with Crippen molar-refractivity contribution in [2.24, 2.45) is 0 Å². The van der Waals surface area contributed by atoms with Gasteiger partial charge in [0.2, 0.25) is 0 Å². The third-order valence-corrected chi connectivity index (χ3v) is 9.68. The van der Waals surface area contributed by atoms with Crippen LogP contribution in [-0.2, 0) is 0 Å². The average Bonchev–Trinajstić information content (AvgIpc) is 1.95. The van der Waals surface area contributed by atoms with Gasteiger partial charge in [-0.05, 0) is 38.8 Å². The Hall–Kier alpha value is 0.177. The van der Waals surface area contributed by atoms with Gasteiger partial charge in [-0.3, -0.25) is 0 Å². The molecule has 0 unspecified atom stereocenters. The Balaban J connectivity index is 5.08. The monoisotopic (exact) mass is 229 g/mol. The summed E-state index contributed by atoms with van der Waals surface area (Å²) < 4.78 is 2.78. The van der Waals surface area contributed by atoms with Crippen LogP contribution in [0.15, 0.2) is 0 Å². The minimum Gasteiger partial charge on any atom is -0.319 e. The van der Waals surface area contributed by atoms with Gasteiger partial charge in [-0.2, -0.15) is 0 Å². The molecular weight excluding hydrogens is 198 g/mol. The Labute approximate surface area is 98.3 Å². The van der Waals surface area contributed by atoms with Gasteiger partial charge in [0.25, 0.3) is 0 Å². The van der Waals surface area contributed by atoms with Gasteiger partial charge in [-0.25, -0.2) is 0 Å². The van der Waals surface area contributed by atoms with Crippen molar-refractivity contribution in [2.75, 3.05) is 6.54 Å². The van der Waals surface area contributed by atoms with E-state index in [1.54, 1.807) is 0 Å². The zero-order valence-electron chi connectivity index (χ0n) is 12.4.